The van der Waals surface area contributed by atoms with Crippen molar-refractivity contribution in [3.63, 3.8) is 0 Å². The maximum atomic E-state index is 13.4. The van der Waals surface area contributed by atoms with Gasteiger partial charge in [0.1, 0.15) is 0 Å². The van der Waals surface area contributed by atoms with Gasteiger partial charge >= 0.3 is 0 Å². The lowest BCUT2D eigenvalue weighted by Crippen LogP contribution is -2.56. The van der Waals surface area contributed by atoms with Gasteiger partial charge in [-0.1, -0.05) is 50.2 Å². The van der Waals surface area contributed by atoms with E-state index in [-0.39, 0.29) is 59.6 Å². The molecule has 1 saturated heterocycles. The Balaban J connectivity index is 0.863. The average Bonchev–Trinajstić information content (AvgIpc) is 3.15. The lowest BCUT2D eigenvalue weighted by atomic mass is 9.82. The van der Waals surface area contributed by atoms with Crippen LogP contribution in [0.2, 0.25) is 0 Å². The maximum absolute atomic E-state index is 13.4. The van der Waals surface area contributed by atoms with Gasteiger partial charge in [0.15, 0.2) is 0 Å². The molecule has 53 heavy (non-hydrogen) atoms. The van der Waals surface area contributed by atoms with E-state index in [0.29, 0.717) is 32.0 Å². The predicted octanol–water partition coefficient (Wildman–Crippen LogP) is 7.20. The zero-order valence-electron chi connectivity index (χ0n) is 31.5. The number of para-hydroxylation sites is 2. The van der Waals surface area contributed by atoms with Crippen molar-refractivity contribution in [1.82, 2.24) is 10.2 Å². The van der Waals surface area contributed by atoms with Crippen LogP contribution in [0.1, 0.15) is 102 Å². The van der Waals surface area contributed by atoms with Crippen LogP contribution in [-0.2, 0) is 19.2 Å². The van der Waals surface area contributed by atoms with Crippen molar-refractivity contribution in [1.29, 1.82) is 0 Å². The quantitative estimate of drug-likeness (QED) is 0.216. The van der Waals surface area contributed by atoms with Crippen LogP contribution in [0.15, 0.2) is 72.8 Å². The van der Waals surface area contributed by atoms with Gasteiger partial charge in [-0.15, -0.1) is 0 Å². The molecule has 1 aliphatic carbocycles. The van der Waals surface area contributed by atoms with Gasteiger partial charge in [-0.25, -0.2) is 0 Å². The SMILES string of the molecule is CCC(=O)N1c2ccccc2[C@H](Nc2ccc(NC(=O)C3CN(C(=O)C4CCC(N[C@@H]5C[C@H](C)N(C(=O)CC)c6ccccc65)CC4)C3)cc2)C[C@@H]1C. The van der Waals surface area contributed by atoms with Crippen molar-refractivity contribution in [2.24, 2.45) is 11.8 Å². The lowest BCUT2D eigenvalue weighted by Gasteiger charge is -2.43. The molecule has 4 amide bonds. The Morgan fingerprint density at radius 2 is 1.15 bits per heavy atom. The van der Waals surface area contributed by atoms with Gasteiger partial charge in [-0.2, -0.15) is 0 Å². The molecule has 3 N–H and O–H groups in total. The van der Waals surface area contributed by atoms with Crippen molar-refractivity contribution in [3.05, 3.63) is 83.9 Å². The van der Waals surface area contributed by atoms with Gasteiger partial charge in [0.2, 0.25) is 23.6 Å². The average molecular weight is 719 g/mol. The van der Waals surface area contributed by atoms with Crippen LogP contribution in [0.4, 0.5) is 22.7 Å². The monoisotopic (exact) mass is 718 g/mol. The maximum Gasteiger partial charge on any atom is 0.231 e. The summed E-state index contributed by atoms with van der Waals surface area (Å²) >= 11 is 0. The first-order valence-electron chi connectivity index (χ1n) is 19.7. The zero-order chi connectivity index (χ0) is 37.2. The number of nitrogens with zero attached hydrogens (tertiary/aromatic N) is 3. The molecule has 0 radical (unpaired) electrons. The molecule has 280 valence electrons. The molecule has 10 heteroatoms. The van der Waals surface area contributed by atoms with E-state index in [1.807, 2.05) is 83.1 Å². The first kappa shape index (κ1) is 36.6. The molecule has 3 aliphatic heterocycles. The molecule has 0 spiro atoms. The number of fused-ring (bicyclic) bond motifs is 2. The van der Waals surface area contributed by atoms with Crippen LogP contribution >= 0.6 is 0 Å². The molecule has 4 aliphatic rings. The first-order valence-corrected chi connectivity index (χ1v) is 19.7. The van der Waals surface area contributed by atoms with Crippen LogP contribution in [-0.4, -0.2) is 59.7 Å². The Bertz CT molecular complexity index is 1820. The molecular weight excluding hydrogens is 665 g/mol. The van der Waals surface area contributed by atoms with E-state index < -0.39 is 0 Å². The molecule has 2 fully saturated rings. The Labute approximate surface area is 313 Å². The standard InChI is InChI=1S/C43H54N6O4/c1-5-40(50)48-27(3)23-36(34-11-7-9-13-38(34)48)44-31-17-15-29(16-18-31)43(53)47-25-30(26-47)42(52)46-33-21-19-32(20-22-33)45-37-24-28(4)49(41(51)6-2)39-14-10-8-12-35(37)39/h7-14,19-22,27-31,36-37,44-45H,5-6,15-18,23-26H2,1-4H3,(H,46,52)/t27-,28-,29?,31?,36+,37+/m0/s1. The molecule has 4 atom stereocenters. The van der Waals surface area contributed by atoms with Crippen molar-refractivity contribution in [3.8, 4) is 0 Å². The van der Waals surface area contributed by atoms with E-state index in [1.165, 1.54) is 5.56 Å². The van der Waals surface area contributed by atoms with Gasteiger partial charge in [-0.3, -0.25) is 19.2 Å². The van der Waals surface area contributed by atoms with E-state index >= 15 is 0 Å². The minimum atomic E-state index is -0.212. The second-order valence-electron chi connectivity index (χ2n) is 15.5. The minimum Gasteiger partial charge on any atom is -0.378 e. The summed E-state index contributed by atoms with van der Waals surface area (Å²) < 4.78 is 0. The summed E-state index contributed by atoms with van der Waals surface area (Å²) in [5.41, 5.74) is 5.95. The van der Waals surface area contributed by atoms with Gasteiger partial charge in [-0.05, 0) is 99.9 Å². The number of nitrogens with one attached hydrogen (secondary N) is 3. The summed E-state index contributed by atoms with van der Waals surface area (Å²) in [6.07, 6.45) is 6.19. The van der Waals surface area contributed by atoms with Gasteiger partial charge < -0.3 is 30.7 Å². The minimum absolute atomic E-state index is 0.00154. The molecule has 7 rings (SSSR count). The van der Waals surface area contributed by atoms with E-state index in [1.54, 1.807) is 0 Å². The summed E-state index contributed by atoms with van der Waals surface area (Å²) in [6.45, 7) is 8.97. The topological polar surface area (TPSA) is 114 Å². The number of carbonyl (C=O) groups is 4. The highest BCUT2D eigenvalue weighted by Crippen LogP contribution is 2.41. The van der Waals surface area contributed by atoms with Crippen LogP contribution in [0.5, 0.6) is 0 Å². The lowest BCUT2D eigenvalue weighted by molar-refractivity contribution is -0.146. The molecular formula is C43H54N6O4. The third-order valence-electron chi connectivity index (χ3n) is 11.9. The molecule has 0 aromatic heterocycles. The van der Waals surface area contributed by atoms with Crippen molar-refractivity contribution in [2.75, 3.05) is 33.5 Å². The van der Waals surface area contributed by atoms with Crippen LogP contribution in [0.25, 0.3) is 0 Å². The predicted molar refractivity (Wildman–Crippen MR) is 210 cm³/mol. The van der Waals surface area contributed by atoms with Crippen LogP contribution in [0, 0.1) is 11.8 Å². The fraction of sp³-hybridized carbons (Fsp3) is 0.488. The fourth-order valence-electron chi connectivity index (χ4n) is 8.99. The molecule has 0 unspecified atom stereocenters. The third-order valence-corrected chi connectivity index (χ3v) is 11.9. The van der Waals surface area contributed by atoms with E-state index in [9.17, 15) is 19.2 Å². The Morgan fingerprint density at radius 3 is 1.72 bits per heavy atom. The number of likely N-dealkylation sites (tertiary alicyclic amines) is 1. The van der Waals surface area contributed by atoms with Crippen LogP contribution < -0.4 is 25.8 Å². The number of benzene rings is 3. The zero-order valence-corrected chi connectivity index (χ0v) is 31.5. The number of anilines is 4. The summed E-state index contributed by atoms with van der Waals surface area (Å²) in [6, 6.07) is 24.9. The number of hydrogen-bond donors (Lipinski definition) is 3. The Morgan fingerprint density at radius 1 is 0.642 bits per heavy atom. The summed E-state index contributed by atoms with van der Waals surface area (Å²) in [5, 5.41) is 10.6. The van der Waals surface area contributed by atoms with E-state index in [4.69, 9.17) is 0 Å². The number of rotatable bonds is 9. The van der Waals surface area contributed by atoms with Gasteiger partial charge in [0.05, 0.1) is 12.0 Å². The van der Waals surface area contributed by atoms with Crippen molar-refractivity contribution >= 4 is 46.4 Å². The normalized spacial score (nSPS) is 25.5. The van der Waals surface area contributed by atoms with E-state index in [2.05, 4.69) is 48.0 Å². The summed E-state index contributed by atoms with van der Waals surface area (Å²) in [4.78, 5) is 57.7. The fourth-order valence-corrected chi connectivity index (χ4v) is 8.99. The second kappa shape index (κ2) is 15.7. The summed E-state index contributed by atoms with van der Waals surface area (Å²) in [7, 11) is 0. The summed E-state index contributed by atoms with van der Waals surface area (Å²) in [5.74, 6) is 0.203. The second-order valence-corrected chi connectivity index (χ2v) is 15.5. The van der Waals surface area contributed by atoms with Crippen molar-refractivity contribution in [2.45, 2.75) is 109 Å². The largest absolute Gasteiger partial charge is 0.378 e. The molecule has 3 aromatic rings. The third kappa shape index (κ3) is 7.56. The number of amides is 4. The van der Waals surface area contributed by atoms with Gasteiger partial charge in [0.25, 0.3) is 0 Å². The number of carbonyl (C=O) groups excluding carboxylic acids is 4. The molecule has 10 nitrogen and oxygen atoms in total. The van der Waals surface area contributed by atoms with Crippen molar-refractivity contribution < 1.29 is 19.2 Å². The highest BCUT2D eigenvalue weighted by molar-refractivity contribution is 5.96. The smallest absolute Gasteiger partial charge is 0.231 e. The van der Waals surface area contributed by atoms with Crippen LogP contribution in [0.3, 0.4) is 0 Å². The molecule has 1 saturated carbocycles. The Hall–Kier alpha value is -4.70. The number of hydrogen-bond acceptors (Lipinski definition) is 6. The molecule has 3 aromatic carbocycles. The highest BCUT2D eigenvalue weighted by atomic mass is 16.2. The molecule has 3 heterocycles. The first-order chi connectivity index (χ1) is 25.6. The van der Waals surface area contributed by atoms with E-state index in [0.717, 1.165) is 66.8 Å². The van der Waals surface area contributed by atoms with Gasteiger partial charge in [0, 0.05) is 78.8 Å². The molecule has 0 bridgehead atoms. The highest BCUT2D eigenvalue weighted by Gasteiger charge is 2.40. The Kier molecular flexibility index (Phi) is 10.9.